The minimum absolute atomic E-state index is 0.132. The van der Waals surface area contributed by atoms with Gasteiger partial charge in [0.1, 0.15) is 5.82 Å². The zero-order valence-electron chi connectivity index (χ0n) is 9.73. The van der Waals surface area contributed by atoms with Gasteiger partial charge in [-0.3, -0.25) is 4.79 Å². The zero-order valence-corrected chi connectivity index (χ0v) is 9.73. The van der Waals surface area contributed by atoms with Gasteiger partial charge in [0.15, 0.2) is 0 Å². The highest BCUT2D eigenvalue weighted by Gasteiger charge is 2.32. The van der Waals surface area contributed by atoms with Crippen LogP contribution >= 0.6 is 0 Å². The molecule has 94 valence electrons. The van der Waals surface area contributed by atoms with Gasteiger partial charge in [0.2, 0.25) is 6.10 Å². The van der Waals surface area contributed by atoms with Crippen LogP contribution in [0.1, 0.15) is 24.8 Å². The Bertz CT molecular complexity index is 511. The summed E-state index contributed by atoms with van der Waals surface area (Å²) in [5.41, 5.74) is 1.28. The third kappa shape index (κ3) is 2.34. The number of nitrogens with zero attached hydrogens (tertiary/aromatic N) is 1. The predicted octanol–water partition coefficient (Wildman–Crippen LogP) is 1.60. The van der Waals surface area contributed by atoms with Gasteiger partial charge in [0.25, 0.3) is 5.91 Å². The van der Waals surface area contributed by atoms with E-state index in [1.807, 2.05) is 0 Å². The Hall–Kier alpha value is -1.91. The van der Waals surface area contributed by atoms with Crippen molar-refractivity contribution < 1.29 is 14.0 Å². The second kappa shape index (κ2) is 4.40. The molecular weight excluding hydrogens is 235 g/mol. The molecule has 0 saturated heterocycles. The van der Waals surface area contributed by atoms with E-state index in [0.717, 1.165) is 12.8 Å². The molecule has 1 aromatic rings. The Morgan fingerprint density at radius 3 is 3.00 bits per heavy atom. The lowest BCUT2D eigenvalue weighted by atomic mass is 10.0. The van der Waals surface area contributed by atoms with E-state index in [0.29, 0.717) is 23.7 Å². The smallest absolute Gasteiger partial charge is 0.264 e. The van der Waals surface area contributed by atoms with Crippen LogP contribution in [0.2, 0.25) is 0 Å². The van der Waals surface area contributed by atoms with E-state index < -0.39 is 6.10 Å². The number of rotatable bonds is 3. The molecular formula is C13H13FN2O2. The van der Waals surface area contributed by atoms with E-state index in [1.54, 1.807) is 12.1 Å². The lowest BCUT2D eigenvalue weighted by Gasteiger charge is -2.07. The van der Waals surface area contributed by atoms with Crippen molar-refractivity contribution in [1.82, 2.24) is 5.32 Å². The van der Waals surface area contributed by atoms with Crippen molar-refractivity contribution in [3.8, 4) is 0 Å². The van der Waals surface area contributed by atoms with Crippen LogP contribution in [-0.4, -0.2) is 23.8 Å². The lowest BCUT2D eigenvalue weighted by Crippen LogP contribution is -2.36. The molecule has 1 unspecified atom stereocenters. The van der Waals surface area contributed by atoms with E-state index in [1.165, 1.54) is 12.1 Å². The van der Waals surface area contributed by atoms with E-state index in [2.05, 4.69) is 10.5 Å². The number of halogens is 1. The number of hydrogen-bond acceptors (Lipinski definition) is 3. The van der Waals surface area contributed by atoms with Crippen LogP contribution in [0, 0.1) is 5.82 Å². The van der Waals surface area contributed by atoms with Gasteiger partial charge in [-0.15, -0.1) is 0 Å². The molecule has 1 aliphatic carbocycles. The molecule has 5 heteroatoms. The summed E-state index contributed by atoms with van der Waals surface area (Å²) in [5.74, 6) is -0.450. The number of oxime groups is 1. The first-order valence-electron chi connectivity index (χ1n) is 6.01. The average molecular weight is 248 g/mol. The molecule has 4 nitrogen and oxygen atoms in total. The van der Waals surface area contributed by atoms with Gasteiger partial charge in [0.05, 0.1) is 5.71 Å². The standard InChI is InChI=1S/C13H13FN2O2/c14-9-3-1-2-8(6-9)11-7-12(18-16-11)13(17)15-10-4-5-10/h1-3,6,10,12H,4-5,7H2,(H,15,17). The van der Waals surface area contributed by atoms with Crippen molar-refractivity contribution in [3.63, 3.8) is 0 Å². The molecule has 0 bridgehead atoms. The fourth-order valence-corrected chi connectivity index (χ4v) is 1.88. The normalized spacial score (nSPS) is 22.3. The number of hydrogen-bond donors (Lipinski definition) is 1. The molecule has 1 atom stereocenters. The number of carbonyl (C=O) groups excluding carboxylic acids is 1. The Balaban J connectivity index is 1.65. The minimum Gasteiger partial charge on any atom is -0.382 e. The Morgan fingerprint density at radius 1 is 1.44 bits per heavy atom. The molecule has 0 aromatic heterocycles. The third-order valence-electron chi connectivity index (χ3n) is 3.04. The van der Waals surface area contributed by atoms with Gasteiger partial charge in [0, 0.05) is 18.0 Å². The SMILES string of the molecule is O=C(NC1CC1)C1CC(c2cccc(F)c2)=NO1. The summed E-state index contributed by atoms with van der Waals surface area (Å²) in [6.07, 6.45) is 1.89. The summed E-state index contributed by atoms with van der Waals surface area (Å²) in [6, 6.07) is 6.44. The van der Waals surface area contributed by atoms with Crippen molar-refractivity contribution in [3.05, 3.63) is 35.6 Å². The first-order valence-corrected chi connectivity index (χ1v) is 6.01. The van der Waals surface area contributed by atoms with Crippen molar-refractivity contribution >= 4 is 11.6 Å². The van der Waals surface area contributed by atoms with Crippen LogP contribution in [0.25, 0.3) is 0 Å². The van der Waals surface area contributed by atoms with Gasteiger partial charge < -0.3 is 10.2 Å². The van der Waals surface area contributed by atoms with Gasteiger partial charge >= 0.3 is 0 Å². The quantitative estimate of drug-likeness (QED) is 0.883. The van der Waals surface area contributed by atoms with Crippen LogP contribution in [0.3, 0.4) is 0 Å². The minimum atomic E-state index is -0.580. The topological polar surface area (TPSA) is 50.7 Å². The number of amides is 1. The second-order valence-corrected chi connectivity index (χ2v) is 4.63. The fraction of sp³-hybridized carbons (Fsp3) is 0.385. The summed E-state index contributed by atoms with van der Waals surface area (Å²) >= 11 is 0. The van der Waals surface area contributed by atoms with Crippen LogP contribution in [0.5, 0.6) is 0 Å². The fourth-order valence-electron chi connectivity index (χ4n) is 1.88. The summed E-state index contributed by atoms with van der Waals surface area (Å²) < 4.78 is 13.1. The first kappa shape index (κ1) is 11.2. The second-order valence-electron chi connectivity index (χ2n) is 4.63. The summed E-state index contributed by atoms with van der Waals surface area (Å²) in [6.45, 7) is 0. The molecule has 18 heavy (non-hydrogen) atoms. The number of carbonyl (C=O) groups is 1. The third-order valence-corrected chi connectivity index (χ3v) is 3.04. The lowest BCUT2D eigenvalue weighted by molar-refractivity contribution is -0.131. The Kier molecular flexibility index (Phi) is 2.74. The maximum absolute atomic E-state index is 13.1. The number of nitrogens with one attached hydrogen (secondary N) is 1. The molecule has 1 amide bonds. The van der Waals surface area contributed by atoms with Crippen LogP contribution in [0.4, 0.5) is 4.39 Å². The van der Waals surface area contributed by atoms with Gasteiger partial charge in [-0.2, -0.15) is 0 Å². The summed E-state index contributed by atoms with van der Waals surface area (Å²) in [4.78, 5) is 16.9. The molecule has 0 radical (unpaired) electrons. The average Bonchev–Trinajstić information content (AvgIpc) is 3.03. The van der Waals surface area contributed by atoms with Crippen molar-refractivity contribution in [2.45, 2.75) is 31.4 Å². The highest BCUT2D eigenvalue weighted by atomic mass is 19.1. The van der Waals surface area contributed by atoms with Crippen molar-refractivity contribution in [2.24, 2.45) is 5.16 Å². The predicted molar refractivity (Wildman–Crippen MR) is 63.6 cm³/mol. The molecule has 1 aliphatic heterocycles. The zero-order chi connectivity index (χ0) is 12.5. The Morgan fingerprint density at radius 2 is 2.28 bits per heavy atom. The maximum atomic E-state index is 13.1. The highest BCUT2D eigenvalue weighted by molar-refractivity contribution is 6.04. The maximum Gasteiger partial charge on any atom is 0.264 e. The van der Waals surface area contributed by atoms with E-state index in [9.17, 15) is 9.18 Å². The molecule has 1 heterocycles. The Labute approximate surface area is 104 Å². The molecule has 1 aromatic carbocycles. The molecule has 1 N–H and O–H groups in total. The van der Waals surface area contributed by atoms with Crippen molar-refractivity contribution in [1.29, 1.82) is 0 Å². The molecule has 3 rings (SSSR count). The molecule has 2 aliphatic rings. The highest BCUT2D eigenvalue weighted by Crippen LogP contribution is 2.21. The number of benzene rings is 1. The van der Waals surface area contributed by atoms with E-state index in [-0.39, 0.29) is 11.7 Å². The van der Waals surface area contributed by atoms with E-state index >= 15 is 0 Å². The molecule has 0 spiro atoms. The van der Waals surface area contributed by atoms with Crippen LogP contribution in [0.15, 0.2) is 29.4 Å². The largest absolute Gasteiger partial charge is 0.382 e. The summed E-state index contributed by atoms with van der Waals surface area (Å²) in [5, 5.41) is 6.73. The monoisotopic (exact) mass is 248 g/mol. The van der Waals surface area contributed by atoms with Crippen LogP contribution in [-0.2, 0) is 9.63 Å². The van der Waals surface area contributed by atoms with Gasteiger partial charge in [-0.25, -0.2) is 4.39 Å². The first-order chi connectivity index (χ1) is 8.72. The van der Waals surface area contributed by atoms with Gasteiger partial charge in [-0.1, -0.05) is 17.3 Å². The summed E-state index contributed by atoms with van der Waals surface area (Å²) in [7, 11) is 0. The van der Waals surface area contributed by atoms with Crippen LogP contribution < -0.4 is 5.32 Å². The molecule has 1 fully saturated rings. The van der Waals surface area contributed by atoms with Gasteiger partial charge in [-0.05, 0) is 25.0 Å². The molecule has 1 saturated carbocycles. The van der Waals surface area contributed by atoms with E-state index in [4.69, 9.17) is 4.84 Å². The van der Waals surface area contributed by atoms with Crippen molar-refractivity contribution in [2.75, 3.05) is 0 Å².